The van der Waals surface area contributed by atoms with Crippen molar-refractivity contribution in [1.82, 2.24) is 10.2 Å². The van der Waals surface area contributed by atoms with E-state index in [1.165, 1.54) is 6.92 Å². The third kappa shape index (κ3) is 4.06. The Labute approximate surface area is 119 Å². The molecule has 2 rings (SSSR count). The molecule has 2 amide bonds. The summed E-state index contributed by atoms with van der Waals surface area (Å²) >= 11 is 0. The van der Waals surface area contributed by atoms with E-state index in [-0.39, 0.29) is 17.9 Å². The van der Waals surface area contributed by atoms with Crippen LogP contribution < -0.4 is 10.6 Å². The number of carbonyl (C=O) groups excluding carboxylic acids is 2. The number of hydrogen-bond donors (Lipinski definition) is 2. The second kappa shape index (κ2) is 6.52. The van der Waals surface area contributed by atoms with Gasteiger partial charge in [-0.15, -0.1) is 0 Å². The number of anilines is 1. The molecule has 108 valence electrons. The first-order valence-corrected chi connectivity index (χ1v) is 6.91. The highest BCUT2D eigenvalue weighted by atomic mass is 16.2. The molecule has 0 radical (unpaired) electrons. The maximum Gasteiger partial charge on any atom is 0.319 e. The summed E-state index contributed by atoms with van der Waals surface area (Å²) in [7, 11) is 2.06. The van der Waals surface area contributed by atoms with Crippen LogP contribution in [0.2, 0.25) is 0 Å². The number of nitrogens with one attached hydrogen (secondary N) is 2. The predicted molar refractivity (Wildman–Crippen MR) is 79.1 cm³/mol. The van der Waals surface area contributed by atoms with Crippen LogP contribution in [0.3, 0.4) is 0 Å². The van der Waals surface area contributed by atoms with Gasteiger partial charge in [0.05, 0.1) is 0 Å². The monoisotopic (exact) mass is 275 g/mol. The Bertz CT molecular complexity index is 502. The van der Waals surface area contributed by atoms with Crippen molar-refractivity contribution in [3.05, 3.63) is 29.8 Å². The third-order valence-electron chi connectivity index (χ3n) is 3.49. The zero-order valence-corrected chi connectivity index (χ0v) is 12.0. The molecule has 5 heteroatoms. The van der Waals surface area contributed by atoms with Crippen LogP contribution in [0.25, 0.3) is 0 Å². The topological polar surface area (TPSA) is 61.4 Å². The van der Waals surface area contributed by atoms with Crippen LogP contribution in [-0.2, 0) is 0 Å². The lowest BCUT2D eigenvalue weighted by molar-refractivity contribution is 0.101. The number of rotatable bonds is 3. The first-order valence-electron chi connectivity index (χ1n) is 6.91. The molecule has 20 heavy (non-hydrogen) atoms. The standard InChI is InChI=1S/C15H21N3O2/c1-11(19)12-5-3-6-13(9-12)16-15(20)17-14-7-4-8-18(2)10-14/h3,5-6,9,14H,4,7-8,10H2,1-2H3,(H2,16,17,20)/t14-/m1/s1. The van der Waals surface area contributed by atoms with Crippen molar-refractivity contribution in [3.8, 4) is 0 Å². The fraction of sp³-hybridized carbons (Fsp3) is 0.467. The maximum absolute atomic E-state index is 11.9. The van der Waals surface area contributed by atoms with Gasteiger partial charge >= 0.3 is 6.03 Å². The minimum Gasteiger partial charge on any atom is -0.334 e. The number of likely N-dealkylation sites (tertiary alicyclic amines) is 1. The molecular formula is C15H21N3O2. The van der Waals surface area contributed by atoms with Gasteiger partial charge in [0.25, 0.3) is 0 Å². The fourth-order valence-electron chi connectivity index (χ4n) is 2.45. The first-order chi connectivity index (χ1) is 9.54. The SMILES string of the molecule is CC(=O)c1cccc(NC(=O)N[C@@H]2CCCN(C)C2)c1. The van der Waals surface area contributed by atoms with Gasteiger partial charge in [-0.3, -0.25) is 4.79 Å². The average molecular weight is 275 g/mol. The number of piperidine rings is 1. The van der Waals surface area contributed by atoms with Crippen LogP contribution in [-0.4, -0.2) is 42.9 Å². The summed E-state index contributed by atoms with van der Waals surface area (Å²) in [5, 5.41) is 5.75. The van der Waals surface area contributed by atoms with Gasteiger partial charge in [-0.2, -0.15) is 0 Å². The largest absolute Gasteiger partial charge is 0.334 e. The Hall–Kier alpha value is -1.88. The number of urea groups is 1. The second-order valence-corrected chi connectivity index (χ2v) is 5.34. The van der Waals surface area contributed by atoms with Crippen molar-refractivity contribution in [2.75, 3.05) is 25.5 Å². The van der Waals surface area contributed by atoms with Gasteiger partial charge in [-0.25, -0.2) is 4.79 Å². The minimum absolute atomic E-state index is 0.0111. The number of Topliss-reactive ketones (excluding diaryl/α,β-unsaturated/α-hetero) is 1. The Morgan fingerprint density at radius 1 is 1.35 bits per heavy atom. The van der Waals surface area contributed by atoms with E-state index in [4.69, 9.17) is 0 Å². The lowest BCUT2D eigenvalue weighted by atomic mass is 10.1. The zero-order valence-electron chi connectivity index (χ0n) is 12.0. The van der Waals surface area contributed by atoms with E-state index in [2.05, 4.69) is 22.6 Å². The molecule has 1 aliphatic rings. The predicted octanol–water partition coefficient (Wildman–Crippen LogP) is 2.10. The lowest BCUT2D eigenvalue weighted by Crippen LogP contribution is -2.47. The Balaban J connectivity index is 1.91. The quantitative estimate of drug-likeness (QED) is 0.830. The van der Waals surface area contributed by atoms with E-state index >= 15 is 0 Å². The molecule has 1 aromatic carbocycles. The first kappa shape index (κ1) is 14.5. The molecular weight excluding hydrogens is 254 g/mol. The fourth-order valence-corrected chi connectivity index (χ4v) is 2.45. The molecule has 1 aliphatic heterocycles. The summed E-state index contributed by atoms with van der Waals surface area (Å²) in [6, 6.07) is 6.94. The van der Waals surface area contributed by atoms with E-state index in [9.17, 15) is 9.59 Å². The number of nitrogens with zero attached hydrogens (tertiary/aromatic N) is 1. The molecule has 0 unspecified atom stereocenters. The Morgan fingerprint density at radius 2 is 2.15 bits per heavy atom. The van der Waals surface area contributed by atoms with Gasteiger partial charge in [-0.1, -0.05) is 12.1 Å². The third-order valence-corrected chi connectivity index (χ3v) is 3.49. The van der Waals surface area contributed by atoms with E-state index in [0.717, 1.165) is 25.9 Å². The summed E-state index contributed by atoms with van der Waals surface area (Å²) in [6.07, 6.45) is 2.10. The molecule has 1 heterocycles. The molecule has 0 aliphatic carbocycles. The van der Waals surface area contributed by atoms with E-state index in [1.807, 2.05) is 0 Å². The molecule has 0 saturated carbocycles. The van der Waals surface area contributed by atoms with E-state index in [1.54, 1.807) is 24.3 Å². The van der Waals surface area contributed by atoms with E-state index < -0.39 is 0 Å². The number of benzene rings is 1. The average Bonchev–Trinajstić information content (AvgIpc) is 2.38. The molecule has 1 fully saturated rings. The summed E-state index contributed by atoms with van der Waals surface area (Å²) in [5.74, 6) is -0.0111. The molecule has 0 bridgehead atoms. The highest BCUT2D eigenvalue weighted by molar-refractivity contribution is 5.96. The van der Waals surface area contributed by atoms with Gasteiger partial charge in [0.1, 0.15) is 0 Å². The van der Waals surface area contributed by atoms with Crippen LogP contribution in [0.1, 0.15) is 30.1 Å². The number of carbonyl (C=O) groups is 2. The van der Waals surface area contributed by atoms with Crippen molar-refractivity contribution in [2.45, 2.75) is 25.8 Å². The molecule has 5 nitrogen and oxygen atoms in total. The summed E-state index contributed by atoms with van der Waals surface area (Å²) < 4.78 is 0. The molecule has 1 saturated heterocycles. The van der Waals surface area contributed by atoms with Crippen molar-refractivity contribution < 1.29 is 9.59 Å². The van der Waals surface area contributed by atoms with Crippen molar-refractivity contribution in [3.63, 3.8) is 0 Å². The lowest BCUT2D eigenvalue weighted by Gasteiger charge is -2.30. The normalized spacial score (nSPS) is 19.4. The van der Waals surface area contributed by atoms with Crippen molar-refractivity contribution in [1.29, 1.82) is 0 Å². The zero-order chi connectivity index (χ0) is 14.5. The van der Waals surface area contributed by atoms with Gasteiger partial charge in [0.15, 0.2) is 5.78 Å². The summed E-state index contributed by atoms with van der Waals surface area (Å²) in [6.45, 7) is 3.47. The molecule has 1 atom stereocenters. The number of likely N-dealkylation sites (N-methyl/N-ethyl adjacent to an activating group) is 1. The van der Waals surface area contributed by atoms with Crippen molar-refractivity contribution >= 4 is 17.5 Å². The second-order valence-electron chi connectivity index (χ2n) is 5.34. The van der Waals surface area contributed by atoms with Crippen molar-refractivity contribution in [2.24, 2.45) is 0 Å². The van der Waals surface area contributed by atoms with Crippen LogP contribution >= 0.6 is 0 Å². The van der Waals surface area contributed by atoms with Crippen LogP contribution in [0.5, 0.6) is 0 Å². The summed E-state index contributed by atoms with van der Waals surface area (Å²) in [5.41, 5.74) is 1.24. The summed E-state index contributed by atoms with van der Waals surface area (Å²) in [4.78, 5) is 25.5. The maximum atomic E-state index is 11.9. The highest BCUT2D eigenvalue weighted by Crippen LogP contribution is 2.12. The van der Waals surface area contributed by atoms with Gasteiger partial charge in [0, 0.05) is 23.8 Å². The molecule has 1 aromatic rings. The number of amides is 2. The van der Waals surface area contributed by atoms with Gasteiger partial charge < -0.3 is 15.5 Å². The Morgan fingerprint density at radius 3 is 2.85 bits per heavy atom. The minimum atomic E-state index is -0.217. The van der Waals surface area contributed by atoms with Crippen LogP contribution in [0.4, 0.5) is 10.5 Å². The van der Waals surface area contributed by atoms with Gasteiger partial charge in [0.2, 0.25) is 0 Å². The molecule has 2 N–H and O–H groups in total. The molecule has 0 spiro atoms. The number of hydrogen-bond acceptors (Lipinski definition) is 3. The van der Waals surface area contributed by atoms with E-state index in [0.29, 0.717) is 11.3 Å². The smallest absolute Gasteiger partial charge is 0.319 e. The van der Waals surface area contributed by atoms with Crippen LogP contribution in [0.15, 0.2) is 24.3 Å². The highest BCUT2D eigenvalue weighted by Gasteiger charge is 2.18. The van der Waals surface area contributed by atoms with Gasteiger partial charge in [-0.05, 0) is 45.5 Å². The molecule has 0 aromatic heterocycles. The van der Waals surface area contributed by atoms with Crippen LogP contribution in [0, 0.1) is 0 Å². The Kier molecular flexibility index (Phi) is 4.74. The number of ketones is 1.